The largest absolute Gasteiger partial charge is 0.472 e. The van der Waals surface area contributed by atoms with Gasteiger partial charge in [-0.2, -0.15) is 0 Å². The molecule has 0 fully saturated rings. The summed E-state index contributed by atoms with van der Waals surface area (Å²) in [6.45, 7) is 0.254. The zero-order chi connectivity index (χ0) is 17.9. The summed E-state index contributed by atoms with van der Waals surface area (Å²) in [6, 6.07) is 14.1. The molecule has 0 saturated carbocycles. The van der Waals surface area contributed by atoms with Gasteiger partial charge in [0.2, 0.25) is 0 Å². The number of carbonyl (C=O) groups is 1. The minimum absolute atomic E-state index is 0.0216. The number of para-hydroxylation sites is 1. The Bertz CT molecular complexity index is 1110. The first kappa shape index (κ1) is 15.8. The number of aromatic nitrogens is 1. The van der Waals surface area contributed by atoms with Gasteiger partial charge in [0.25, 0.3) is 5.91 Å². The molecule has 3 aromatic heterocycles. The van der Waals surface area contributed by atoms with Crippen LogP contribution in [-0.4, -0.2) is 10.9 Å². The first-order valence-corrected chi connectivity index (χ1v) is 7.99. The van der Waals surface area contributed by atoms with Crippen molar-refractivity contribution in [1.82, 2.24) is 10.3 Å². The molecule has 6 nitrogen and oxygen atoms in total. The molecule has 3 heterocycles. The Morgan fingerprint density at radius 2 is 2.00 bits per heavy atom. The highest BCUT2D eigenvalue weighted by atomic mass is 16.4. The number of nitrogens with one attached hydrogen (secondary N) is 1. The van der Waals surface area contributed by atoms with Gasteiger partial charge in [0.1, 0.15) is 11.1 Å². The van der Waals surface area contributed by atoms with E-state index in [4.69, 9.17) is 8.83 Å². The van der Waals surface area contributed by atoms with Crippen LogP contribution in [0.25, 0.3) is 22.2 Å². The van der Waals surface area contributed by atoms with Gasteiger partial charge in [-0.15, -0.1) is 0 Å². The van der Waals surface area contributed by atoms with Crippen LogP contribution in [0.1, 0.15) is 15.9 Å². The molecule has 0 bridgehead atoms. The molecule has 1 amide bonds. The van der Waals surface area contributed by atoms with E-state index in [2.05, 4.69) is 10.3 Å². The number of carbonyl (C=O) groups excluding carboxylic acids is 1. The van der Waals surface area contributed by atoms with Crippen LogP contribution in [0.3, 0.4) is 0 Å². The van der Waals surface area contributed by atoms with Gasteiger partial charge in [0, 0.05) is 23.7 Å². The molecule has 0 aliphatic heterocycles. The lowest BCUT2D eigenvalue weighted by Crippen LogP contribution is -2.27. The van der Waals surface area contributed by atoms with Crippen LogP contribution in [0, 0.1) is 0 Å². The number of rotatable bonds is 4. The van der Waals surface area contributed by atoms with Crippen molar-refractivity contribution in [2.75, 3.05) is 0 Å². The van der Waals surface area contributed by atoms with Crippen LogP contribution >= 0.6 is 0 Å². The van der Waals surface area contributed by atoms with E-state index in [1.165, 1.54) is 6.07 Å². The maximum absolute atomic E-state index is 12.3. The number of amides is 1. The fourth-order valence-electron chi connectivity index (χ4n) is 2.61. The van der Waals surface area contributed by atoms with Crippen molar-refractivity contribution < 1.29 is 13.6 Å². The quantitative estimate of drug-likeness (QED) is 0.573. The first-order valence-electron chi connectivity index (χ1n) is 7.99. The van der Waals surface area contributed by atoms with Crippen molar-refractivity contribution in [3.05, 3.63) is 88.8 Å². The Kier molecular flexibility index (Phi) is 4.07. The highest BCUT2D eigenvalue weighted by molar-refractivity contribution is 5.96. The predicted octanol–water partition coefficient (Wildman–Crippen LogP) is 3.38. The number of pyridine rings is 1. The zero-order valence-electron chi connectivity index (χ0n) is 13.6. The van der Waals surface area contributed by atoms with Crippen molar-refractivity contribution in [3.63, 3.8) is 0 Å². The van der Waals surface area contributed by atoms with Crippen molar-refractivity contribution in [1.29, 1.82) is 0 Å². The molecule has 26 heavy (non-hydrogen) atoms. The van der Waals surface area contributed by atoms with Crippen LogP contribution in [0.5, 0.6) is 0 Å². The number of hydrogen-bond donors (Lipinski definition) is 1. The number of furan rings is 1. The lowest BCUT2D eigenvalue weighted by molar-refractivity contribution is 0.0947. The Hall–Kier alpha value is -3.67. The lowest BCUT2D eigenvalue weighted by atomic mass is 10.1. The molecule has 0 saturated heterocycles. The monoisotopic (exact) mass is 346 g/mol. The molecular weight excluding hydrogens is 332 g/mol. The van der Waals surface area contributed by atoms with E-state index in [1.54, 1.807) is 36.9 Å². The summed E-state index contributed by atoms with van der Waals surface area (Å²) >= 11 is 0. The molecule has 0 spiro atoms. The fraction of sp³-hybridized carbons (Fsp3) is 0.0500. The third-order valence-corrected chi connectivity index (χ3v) is 3.98. The third kappa shape index (κ3) is 3.12. The van der Waals surface area contributed by atoms with E-state index in [9.17, 15) is 9.59 Å². The minimum Gasteiger partial charge on any atom is -0.472 e. The van der Waals surface area contributed by atoms with Gasteiger partial charge in [-0.1, -0.05) is 24.3 Å². The summed E-state index contributed by atoms with van der Waals surface area (Å²) < 4.78 is 10.2. The molecule has 4 rings (SSSR count). The van der Waals surface area contributed by atoms with Crippen LogP contribution in [0.4, 0.5) is 0 Å². The van der Waals surface area contributed by atoms with Gasteiger partial charge in [-0.05, 0) is 29.8 Å². The molecule has 0 radical (unpaired) electrons. The molecule has 4 aromatic rings. The maximum atomic E-state index is 12.3. The minimum atomic E-state index is -0.658. The first-order chi connectivity index (χ1) is 12.7. The average molecular weight is 346 g/mol. The molecule has 1 aromatic carbocycles. The normalized spacial score (nSPS) is 10.8. The highest BCUT2D eigenvalue weighted by Crippen LogP contribution is 2.17. The molecule has 0 aliphatic carbocycles. The number of benzene rings is 1. The van der Waals surface area contributed by atoms with Crippen molar-refractivity contribution >= 4 is 16.9 Å². The molecular formula is C20H14N2O4. The van der Waals surface area contributed by atoms with Gasteiger partial charge in [-0.25, -0.2) is 4.79 Å². The molecule has 0 aliphatic rings. The lowest BCUT2D eigenvalue weighted by Gasteiger charge is -2.06. The summed E-state index contributed by atoms with van der Waals surface area (Å²) in [5.41, 5.74) is 2.25. The van der Waals surface area contributed by atoms with Gasteiger partial charge in [-0.3, -0.25) is 9.78 Å². The summed E-state index contributed by atoms with van der Waals surface area (Å²) in [5, 5.41) is 3.42. The van der Waals surface area contributed by atoms with E-state index in [0.717, 1.165) is 16.8 Å². The molecule has 0 unspecified atom stereocenters. The van der Waals surface area contributed by atoms with E-state index in [0.29, 0.717) is 11.0 Å². The summed E-state index contributed by atoms with van der Waals surface area (Å²) in [5.74, 6) is -0.483. The Morgan fingerprint density at radius 3 is 2.77 bits per heavy atom. The van der Waals surface area contributed by atoms with Gasteiger partial charge in [0.05, 0.1) is 18.2 Å². The van der Waals surface area contributed by atoms with Crippen molar-refractivity contribution in [2.45, 2.75) is 6.54 Å². The van der Waals surface area contributed by atoms with Crippen LogP contribution in [-0.2, 0) is 6.54 Å². The van der Waals surface area contributed by atoms with Crippen molar-refractivity contribution in [2.24, 2.45) is 0 Å². The molecule has 128 valence electrons. The summed E-state index contributed by atoms with van der Waals surface area (Å²) in [7, 11) is 0. The highest BCUT2D eigenvalue weighted by Gasteiger charge is 2.13. The Morgan fingerprint density at radius 1 is 1.12 bits per heavy atom. The fourth-order valence-corrected chi connectivity index (χ4v) is 2.61. The second-order valence-corrected chi connectivity index (χ2v) is 5.73. The topological polar surface area (TPSA) is 85.3 Å². The number of fused-ring (bicyclic) bond motifs is 1. The van der Waals surface area contributed by atoms with Gasteiger partial charge >= 0.3 is 5.63 Å². The second kappa shape index (κ2) is 6.68. The van der Waals surface area contributed by atoms with Crippen LogP contribution < -0.4 is 10.9 Å². The van der Waals surface area contributed by atoms with Crippen molar-refractivity contribution in [3.8, 4) is 11.3 Å². The van der Waals surface area contributed by atoms with Gasteiger partial charge < -0.3 is 14.2 Å². The smallest absolute Gasteiger partial charge is 0.349 e. The van der Waals surface area contributed by atoms with Gasteiger partial charge in [0.15, 0.2) is 0 Å². The number of hydrogen-bond acceptors (Lipinski definition) is 5. The second-order valence-electron chi connectivity index (χ2n) is 5.73. The van der Waals surface area contributed by atoms with E-state index in [-0.39, 0.29) is 12.1 Å². The van der Waals surface area contributed by atoms with E-state index in [1.807, 2.05) is 24.3 Å². The Labute approximate surface area is 148 Å². The maximum Gasteiger partial charge on any atom is 0.349 e. The number of nitrogens with zero attached hydrogens (tertiary/aromatic N) is 1. The summed E-state index contributed by atoms with van der Waals surface area (Å²) in [6.07, 6.45) is 4.87. The summed E-state index contributed by atoms with van der Waals surface area (Å²) in [4.78, 5) is 28.7. The zero-order valence-corrected chi connectivity index (χ0v) is 13.6. The van der Waals surface area contributed by atoms with E-state index < -0.39 is 11.5 Å². The average Bonchev–Trinajstić information content (AvgIpc) is 3.21. The standard InChI is InChI=1S/C20H14N2O4/c23-19(16-9-14-3-1-2-4-18(14)26-20(16)24)22-11-13-5-6-17(21-10-13)15-7-8-25-12-15/h1-10,12H,11H2,(H,22,23). The van der Waals surface area contributed by atoms with Crippen LogP contribution in [0.2, 0.25) is 0 Å². The van der Waals surface area contributed by atoms with Crippen LogP contribution in [0.15, 0.2) is 80.9 Å². The molecule has 0 atom stereocenters. The third-order valence-electron chi connectivity index (χ3n) is 3.98. The van der Waals surface area contributed by atoms with E-state index >= 15 is 0 Å². The Balaban J connectivity index is 1.49. The SMILES string of the molecule is O=C(NCc1ccc(-c2ccoc2)nc1)c1cc2ccccc2oc1=O. The molecule has 6 heteroatoms. The molecule has 1 N–H and O–H groups in total. The predicted molar refractivity (Wildman–Crippen MR) is 95.6 cm³/mol.